The lowest BCUT2D eigenvalue weighted by Crippen LogP contribution is -2.47. The monoisotopic (exact) mass is 328 g/mol. The van der Waals surface area contributed by atoms with Gasteiger partial charge in [0, 0.05) is 16.6 Å². The van der Waals surface area contributed by atoms with E-state index in [4.69, 9.17) is 28.9 Å². The summed E-state index contributed by atoms with van der Waals surface area (Å²) in [5.41, 5.74) is 6.36. The van der Waals surface area contributed by atoms with Crippen LogP contribution in [0, 0.1) is 5.41 Å². The molecule has 0 heterocycles. The Bertz CT molecular complexity index is 513. The number of halogens is 2. The summed E-state index contributed by atoms with van der Waals surface area (Å²) in [6.45, 7) is 2.33. The van der Waals surface area contributed by atoms with Crippen LogP contribution in [0.4, 0.5) is 0 Å². The van der Waals surface area contributed by atoms with Crippen molar-refractivity contribution in [2.75, 3.05) is 6.54 Å². The summed E-state index contributed by atoms with van der Waals surface area (Å²) in [5, 5.41) is 4.23. The van der Waals surface area contributed by atoms with E-state index in [0.29, 0.717) is 16.6 Å². The Morgan fingerprint density at radius 2 is 2.00 bits per heavy atom. The Morgan fingerprint density at radius 3 is 2.57 bits per heavy atom. The molecule has 1 atom stereocenters. The molecule has 1 aliphatic rings. The van der Waals surface area contributed by atoms with E-state index >= 15 is 0 Å². The molecule has 0 spiro atoms. The SMILES string of the molecule is CC(NC(=O)C1(CN)CCCCC1)c1ccc(Cl)cc1Cl. The van der Waals surface area contributed by atoms with Crippen LogP contribution < -0.4 is 11.1 Å². The van der Waals surface area contributed by atoms with E-state index < -0.39 is 5.41 Å². The predicted octanol–water partition coefficient (Wildman–Crippen LogP) is 4.08. The maximum atomic E-state index is 12.7. The number of carbonyl (C=O) groups is 1. The number of nitrogens with one attached hydrogen (secondary N) is 1. The molecule has 0 bridgehead atoms. The molecule has 5 heteroatoms. The Kier molecular flexibility index (Phi) is 5.53. The zero-order chi connectivity index (χ0) is 15.5. The van der Waals surface area contributed by atoms with Crippen LogP contribution in [0.1, 0.15) is 50.6 Å². The first kappa shape index (κ1) is 16.6. The van der Waals surface area contributed by atoms with Crippen LogP contribution in [0.2, 0.25) is 10.0 Å². The van der Waals surface area contributed by atoms with Gasteiger partial charge in [-0.1, -0.05) is 48.5 Å². The second-order valence-electron chi connectivity index (χ2n) is 5.91. The first-order valence-corrected chi connectivity index (χ1v) is 8.20. The van der Waals surface area contributed by atoms with Crippen LogP contribution in [0.3, 0.4) is 0 Å². The normalized spacial score (nSPS) is 19.0. The molecule has 3 N–H and O–H groups in total. The molecule has 116 valence electrons. The maximum absolute atomic E-state index is 12.7. The second-order valence-corrected chi connectivity index (χ2v) is 6.75. The van der Waals surface area contributed by atoms with E-state index in [-0.39, 0.29) is 11.9 Å². The van der Waals surface area contributed by atoms with Gasteiger partial charge in [0.15, 0.2) is 0 Å². The van der Waals surface area contributed by atoms with Gasteiger partial charge in [0.1, 0.15) is 0 Å². The molecule has 21 heavy (non-hydrogen) atoms. The number of rotatable bonds is 4. The minimum absolute atomic E-state index is 0.0446. The van der Waals surface area contributed by atoms with Crippen LogP contribution in [-0.4, -0.2) is 12.5 Å². The largest absolute Gasteiger partial charge is 0.349 e. The molecule has 0 aromatic heterocycles. The van der Waals surface area contributed by atoms with Gasteiger partial charge in [-0.3, -0.25) is 4.79 Å². The third-order valence-electron chi connectivity index (χ3n) is 4.46. The predicted molar refractivity (Wildman–Crippen MR) is 87.6 cm³/mol. The van der Waals surface area contributed by atoms with Crippen molar-refractivity contribution in [2.24, 2.45) is 11.1 Å². The Hall–Kier alpha value is -0.770. The summed E-state index contributed by atoms with van der Waals surface area (Å²) in [6.07, 6.45) is 5.07. The van der Waals surface area contributed by atoms with Gasteiger partial charge in [-0.25, -0.2) is 0 Å². The van der Waals surface area contributed by atoms with Gasteiger partial charge >= 0.3 is 0 Å². The topological polar surface area (TPSA) is 55.1 Å². The molecule has 3 nitrogen and oxygen atoms in total. The summed E-state index contributed by atoms with van der Waals surface area (Å²) in [4.78, 5) is 12.7. The molecule has 0 radical (unpaired) electrons. The minimum atomic E-state index is -0.411. The van der Waals surface area contributed by atoms with Crippen LogP contribution in [0.5, 0.6) is 0 Å². The van der Waals surface area contributed by atoms with Crippen molar-refractivity contribution in [3.8, 4) is 0 Å². The van der Waals surface area contributed by atoms with Crippen molar-refractivity contribution < 1.29 is 4.79 Å². The summed E-state index contributed by atoms with van der Waals surface area (Å²) in [7, 11) is 0. The van der Waals surface area contributed by atoms with Gasteiger partial charge in [-0.2, -0.15) is 0 Å². The van der Waals surface area contributed by atoms with E-state index in [1.165, 1.54) is 6.42 Å². The summed E-state index contributed by atoms with van der Waals surface area (Å²) in [5.74, 6) is 0.0446. The lowest BCUT2D eigenvalue weighted by molar-refractivity contribution is -0.133. The average molecular weight is 329 g/mol. The third kappa shape index (κ3) is 3.71. The summed E-state index contributed by atoms with van der Waals surface area (Å²) in [6, 6.07) is 5.17. The highest BCUT2D eigenvalue weighted by Crippen LogP contribution is 2.36. The molecule has 1 fully saturated rings. The fourth-order valence-electron chi connectivity index (χ4n) is 3.03. The molecular formula is C16H22Cl2N2O. The molecule has 0 aliphatic heterocycles. The average Bonchev–Trinajstić information content (AvgIpc) is 2.47. The van der Waals surface area contributed by atoms with Gasteiger partial charge in [-0.05, 0) is 37.5 Å². The molecule has 0 saturated heterocycles. The van der Waals surface area contributed by atoms with Crippen molar-refractivity contribution in [2.45, 2.75) is 45.1 Å². The number of carbonyl (C=O) groups excluding carboxylic acids is 1. The highest BCUT2D eigenvalue weighted by atomic mass is 35.5. The van der Waals surface area contributed by atoms with E-state index in [1.807, 2.05) is 13.0 Å². The number of hydrogen-bond donors (Lipinski definition) is 2. The van der Waals surface area contributed by atoms with E-state index in [1.54, 1.807) is 12.1 Å². The van der Waals surface area contributed by atoms with Crippen molar-refractivity contribution in [3.05, 3.63) is 33.8 Å². The lowest BCUT2D eigenvalue weighted by Gasteiger charge is -2.35. The molecule has 1 saturated carbocycles. The molecule has 1 aromatic carbocycles. The van der Waals surface area contributed by atoms with Crippen LogP contribution in [0.25, 0.3) is 0 Å². The standard InChI is InChI=1S/C16H22Cl2N2O/c1-11(13-6-5-12(17)9-14(13)18)20-15(21)16(10-19)7-3-2-4-8-16/h5-6,9,11H,2-4,7-8,10,19H2,1H3,(H,20,21). The minimum Gasteiger partial charge on any atom is -0.349 e. The zero-order valence-electron chi connectivity index (χ0n) is 12.3. The smallest absolute Gasteiger partial charge is 0.227 e. The van der Waals surface area contributed by atoms with Gasteiger partial charge in [0.25, 0.3) is 0 Å². The van der Waals surface area contributed by atoms with Gasteiger partial charge < -0.3 is 11.1 Å². The lowest BCUT2D eigenvalue weighted by atomic mass is 9.73. The molecule has 1 aliphatic carbocycles. The van der Waals surface area contributed by atoms with Crippen LogP contribution in [0.15, 0.2) is 18.2 Å². The molecule has 2 rings (SSSR count). The first-order valence-electron chi connectivity index (χ1n) is 7.44. The fourth-order valence-corrected chi connectivity index (χ4v) is 3.60. The maximum Gasteiger partial charge on any atom is 0.227 e. The Balaban J connectivity index is 2.10. The van der Waals surface area contributed by atoms with Crippen LogP contribution >= 0.6 is 23.2 Å². The third-order valence-corrected chi connectivity index (χ3v) is 5.02. The highest BCUT2D eigenvalue weighted by molar-refractivity contribution is 6.35. The van der Waals surface area contributed by atoms with Gasteiger partial charge in [0.2, 0.25) is 5.91 Å². The molecular weight excluding hydrogens is 307 g/mol. The second kappa shape index (κ2) is 6.99. The van der Waals surface area contributed by atoms with Crippen molar-refractivity contribution in [1.29, 1.82) is 0 Å². The number of amides is 1. The molecule has 1 unspecified atom stereocenters. The van der Waals surface area contributed by atoms with E-state index in [2.05, 4.69) is 5.32 Å². The van der Waals surface area contributed by atoms with Gasteiger partial charge in [-0.15, -0.1) is 0 Å². The highest BCUT2D eigenvalue weighted by Gasteiger charge is 2.38. The number of benzene rings is 1. The summed E-state index contributed by atoms with van der Waals surface area (Å²) >= 11 is 12.1. The van der Waals surface area contributed by atoms with Crippen molar-refractivity contribution in [3.63, 3.8) is 0 Å². The Morgan fingerprint density at radius 1 is 1.33 bits per heavy atom. The first-order chi connectivity index (χ1) is 9.98. The van der Waals surface area contributed by atoms with Gasteiger partial charge in [0.05, 0.1) is 11.5 Å². The Labute approximate surface area is 136 Å². The molecule has 1 aromatic rings. The van der Waals surface area contributed by atoms with E-state index in [0.717, 1.165) is 31.2 Å². The van der Waals surface area contributed by atoms with Crippen molar-refractivity contribution >= 4 is 29.1 Å². The molecule has 1 amide bonds. The van der Waals surface area contributed by atoms with E-state index in [9.17, 15) is 4.79 Å². The van der Waals surface area contributed by atoms with Crippen molar-refractivity contribution in [1.82, 2.24) is 5.32 Å². The number of nitrogens with two attached hydrogens (primary N) is 1. The fraction of sp³-hybridized carbons (Fsp3) is 0.562. The number of hydrogen-bond acceptors (Lipinski definition) is 2. The quantitative estimate of drug-likeness (QED) is 0.874. The zero-order valence-corrected chi connectivity index (χ0v) is 13.8. The van der Waals surface area contributed by atoms with Crippen LogP contribution in [-0.2, 0) is 4.79 Å². The summed E-state index contributed by atoms with van der Waals surface area (Å²) < 4.78 is 0.